The van der Waals surface area contributed by atoms with Crippen LogP contribution in [0.15, 0.2) is 34.8 Å². The molecule has 0 bridgehead atoms. The molecule has 0 fully saturated rings. The summed E-state index contributed by atoms with van der Waals surface area (Å²) < 4.78 is 6.21. The average molecular weight is 302 g/mol. The second-order valence-electron chi connectivity index (χ2n) is 3.20. The maximum Gasteiger partial charge on any atom is 0.257 e. The van der Waals surface area contributed by atoms with E-state index < -0.39 is 11.0 Å². The number of hydrogen-bond acceptors (Lipinski definition) is 5. The summed E-state index contributed by atoms with van der Waals surface area (Å²) in [6.07, 6.45) is 1.98. The lowest BCUT2D eigenvalue weighted by Crippen LogP contribution is -2.24. The Kier molecular flexibility index (Phi) is 4.89. The molecule has 0 spiro atoms. The molecule has 1 aromatic rings. The molecule has 1 heterocycles. The Labute approximate surface area is 107 Å². The summed E-state index contributed by atoms with van der Waals surface area (Å²) in [7, 11) is 1.61. The predicted octanol–water partition coefficient (Wildman–Crippen LogP) is 1.95. The van der Waals surface area contributed by atoms with E-state index in [-0.39, 0.29) is 0 Å². The van der Waals surface area contributed by atoms with Crippen molar-refractivity contribution in [3.63, 3.8) is 0 Å². The van der Waals surface area contributed by atoms with Crippen LogP contribution in [0.25, 0.3) is 0 Å². The standard InChI is InChI=1S/C10H12BrN3O3/c1-7(9(12-2)6-14(15)16)17-8-3-4-10(11)13-5-8/h3-7,12H,1-2H3. The number of halogens is 1. The first-order chi connectivity index (χ1) is 8.02. The maximum atomic E-state index is 10.4. The van der Waals surface area contributed by atoms with Gasteiger partial charge in [0, 0.05) is 7.05 Å². The van der Waals surface area contributed by atoms with Gasteiger partial charge in [-0.15, -0.1) is 0 Å². The quantitative estimate of drug-likeness (QED) is 0.511. The summed E-state index contributed by atoms with van der Waals surface area (Å²) in [6.45, 7) is 1.72. The minimum Gasteiger partial charge on any atom is -0.483 e. The van der Waals surface area contributed by atoms with Gasteiger partial charge < -0.3 is 10.1 Å². The SMILES string of the molecule is CNC(=C[N+](=O)[O-])C(C)Oc1ccc(Br)nc1. The molecule has 0 aromatic carbocycles. The smallest absolute Gasteiger partial charge is 0.257 e. The summed E-state index contributed by atoms with van der Waals surface area (Å²) in [5.41, 5.74) is 0.387. The van der Waals surface area contributed by atoms with Crippen LogP contribution in [0.2, 0.25) is 0 Å². The molecular formula is C10H12BrN3O3. The summed E-state index contributed by atoms with van der Waals surface area (Å²) in [6, 6.07) is 3.46. The summed E-state index contributed by atoms with van der Waals surface area (Å²) >= 11 is 3.21. The summed E-state index contributed by atoms with van der Waals surface area (Å²) in [4.78, 5) is 13.9. The van der Waals surface area contributed by atoms with Crippen molar-refractivity contribution in [3.8, 4) is 5.75 Å². The zero-order valence-electron chi connectivity index (χ0n) is 9.38. The van der Waals surface area contributed by atoms with E-state index in [4.69, 9.17) is 4.74 Å². The Morgan fingerprint density at radius 2 is 2.41 bits per heavy atom. The third kappa shape index (κ3) is 4.39. The first kappa shape index (κ1) is 13.4. The van der Waals surface area contributed by atoms with Gasteiger partial charge in [-0.2, -0.15) is 0 Å². The minimum absolute atomic E-state index is 0.387. The zero-order valence-corrected chi connectivity index (χ0v) is 11.0. The molecule has 0 aliphatic heterocycles. The van der Waals surface area contributed by atoms with Crippen molar-refractivity contribution >= 4 is 15.9 Å². The second-order valence-corrected chi connectivity index (χ2v) is 4.01. The Morgan fingerprint density at radius 1 is 1.71 bits per heavy atom. The van der Waals surface area contributed by atoms with Crippen molar-refractivity contribution in [1.29, 1.82) is 0 Å². The molecule has 0 saturated carbocycles. The Bertz CT molecular complexity index is 419. The molecule has 6 nitrogen and oxygen atoms in total. The van der Waals surface area contributed by atoms with Gasteiger partial charge in [-0.1, -0.05) is 0 Å². The molecule has 17 heavy (non-hydrogen) atoms. The van der Waals surface area contributed by atoms with E-state index in [1.54, 1.807) is 32.3 Å². The van der Waals surface area contributed by atoms with Gasteiger partial charge in [-0.25, -0.2) is 4.98 Å². The van der Waals surface area contributed by atoms with Gasteiger partial charge >= 0.3 is 0 Å². The van der Waals surface area contributed by atoms with Crippen LogP contribution in [0, 0.1) is 10.1 Å². The van der Waals surface area contributed by atoms with Crippen LogP contribution in [-0.2, 0) is 0 Å². The fourth-order valence-corrected chi connectivity index (χ4v) is 1.42. The normalized spacial score (nSPS) is 13.0. The molecular weight excluding hydrogens is 290 g/mol. The van der Waals surface area contributed by atoms with Crippen molar-refractivity contribution in [2.75, 3.05) is 7.05 Å². The fraction of sp³-hybridized carbons (Fsp3) is 0.300. The molecule has 1 rings (SSSR count). The van der Waals surface area contributed by atoms with Gasteiger partial charge in [0.1, 0.15) is 22.2 Å². The highest BCUT2D eigenvalue weighted by Crippen LogP contribution is 2.16. The van der Waals surface area contributed by atoms with Crippen molar-refractivity contribution < 1.29 is 9.66 Å². The van der Waals surface area contributed by atoms with E-state index in [2.05, 4.69) is 26.2 Å². The Morgan fingerprint density at radius 3 is 2.88 bits per heavy atom. The third-order valence-corrected chi connectivity index (χ3v) is 2.45. The van der Waals surface area contributed by atoms with Crippen LogP contribution in [0.3, 0.4) is 0 Å². The van der Waals surface area contributed by atoms with E-state index >= 15 is 0 Å². The molecule has 1 atom stereocenters. The van der Waals surface area contributed by atoms with Crippen LogP contribution < -0.4 is 10.1 Å². The molecule has 1 aromatic heterocycles. The van der Waals surface area contributed by atoms with E-state index in [1.165, 1.54) is 0 Å². The largest absolute Gasteiger partial charge is 0.483 e. The number of nitrogens with zero attached hydrogens (tertiary/aromatic N) is 2. The lowest BCUT2D eigenvalue weighted by Gasteiger charge is -2.15. The predicted molar refractivity (Wildman–Crippen MR) is 66.2 cm³/mol. The molecule has 7 heteroatoms. The van der Waals surface area contributed by atoms with Gasteiger partial charge in [0.25, 0.3) is 6.20 Å². The van der Waals surface area contributed by atoms with Gasteiger partial charge in [0.15, 0.2) is 0 Å². The van der Waals surface area contributed by atoms with Crippen molar-refractivity contribution in [3.05, 3.63) is 44.9 Å². The minimum atomic E-state index is -0.522. The van der Waals surface area contributed by atoms with E-state index in [0.717, 1.165) is 6.20 Å². The van der Waals surface area contributed by atoms with Gasteiger partial charge in [-0.05, 0) is 35.0 Å². The number of pyridine rings is 1. The number of likely N-dealkylation sites (N-methyl/N-ethyl adjacent to an activating group) is 1. The Balaban J connectivity index is 2.73. The Hall–Kier alpha value is -1.63. The molecule has 1 unspecified atom stereocenters. The van der Waals surface area contributed by atoms with Crippen molar-refractivity contribution in [1.82, 2.24) is 10.3 Å². The number of hydrogen-bond donors (Lipinski definition) is 1. The molecule has 0 saturated heterocycles. The van der Waals surface area contributed by atoms with E-state index in [9.17, 15) is 10.1 Å². The second kappa shape index (κ2) is 6.19. The number of nitrogens with one attached hydrogen (secondary N) is 1. The molecule has 0 amide bonds. The highest BCUT2D eigenvalue weighted by Gasteiger charge is 2.13. The van der Waals surface area contributed by atoms with Crippen LogP contribution in [-0.4, -0.2) is 23.1 Å². The zero-order chi connectivity index (χ0) is 12.8. The lowest BCUT2D eigenvalue weighted by atomic mass is 10.3. The van der Waals surface area contributed by atoms with E-state index in [0.29, 0.717) is 16.0 Å². The first-order valence-corrected chi connectivity index (χ1v) is 5.63. The molecule has 92 valence electrons. The maximum absolute atomic E-state index is 10.4. The third-order valence-electron chi connectivity index (χ3n) is 1.98. The highest BCUT2D eigenvalue weighted by atomic mass is 79.9. The van der Waals surface area contributed by atoms with Crippen LogP contribution in [0.1, 0.15) is 6.92 Å². The molecule has 1 N–H and O–H groups in total. The van der Waals surface area contributed by atoms with Crippen molar-refractivity contribution in [2.24, 2.45) is 0 Å². The highest BCUT2D eigenvalue weighted by molar-refractivity contribution is 9.10. The number of aromatic nitrogens is 1. The van der Waals surface area contributed by atoms with Gasteiger partial charge in [0.2, 0.25) is 0 Å². The van der Waals surface area contributed by atoms with Crippen molar-refractivity contribution in [2.45, 2.75) is 13.0 Å². The van der Waals surface area contributed by atoms with Crippen LogP contribution in [0.4, 0.5) is 0 Å². The van der Waals surface area contributed by atoms with Gasteiger partial charge in [-0.3, -0.25) is 10.1 Å². The molecule has 0 aliphatic carbocycles. The monoisotopic (exact) mass is 301 g/mol. The topological polar surface area (TPSA) is 77.3 Å². The average Bonchev–Trinajstić information content (AvgIpc) is 2.28. The summed E-state index contributed by atoms with van der Waals surface area (Å²) in [5.74, 6) is 0.546. The summed E-state index contributed by atoms with van der Waals surface area (Å²) in [5, 5.41) is 13.1. The van der Waals surface area contributed by atoms with Crippen LogP contribution >= 0.6 is 15.9 Å². The fourth-order valence-electron chi connectivity index (χ4n) is 1.19. The number of rotatable bonds is 5. The lowest BCUT2D eigenvalue weighted by molar-refractivity contribution is -0.404. The molecule has 0 aliphatic rings. The first-order valence-electron chi connectivity index (χ1n) is 4.84. The van der Waals surface area contributed by atoms with Crippen LogP contribution in [0.5, 0.6) is 5.75 Å². The van der Waals surface area contributed by atoms with Gasteiger partial charge in [0.05, 0.1) is 11.1 Å². The number of nitro groups is 1. The number of ether oxygens (including phenoxy) is 1. The molecule has 0 radical (unpaired) electrons. The van der Waals surface area contributed by atoms with E-state index in [1.807, 2.05) is 0 Å².